The van der Waals surface area contributed by atoms with Crippen LogP contribution in [-0.2, 0) is 14.8 Å². The number of nitro groups is 1. The molecule has 0 fully saturated rings. The highest BCUT2D eigenvalue weighted by Crippen LogP contribution is 2.31. The number of carbonyl (C=O) groups is 1. The summed E-state index contributed by atoms with van der Waals surface area (Å²) in [6, 6.07) is 10.1. The van der Waals surface area contributed by atoms with Crippen molar-refractivity contribution >= 4 is 44.6 Å². The van der Waals surface area contributed by atoms with Crippen LogP contribution in [0.3, 0.4) is 0 Å². The molecule has 0 aliphatic rings. The van der Waals surface area contributed by atoms with Crippen molar-refractivity contribution in [2.75, 3.05) is 23.7 Å². The van der Waals surface area contributed by atoms with E-state index in [-0.39, 0.29) is 40.3 Å². The van der Waals surface area contributed by atoms with Gasteiger partial charge in [-0.15, -0.1) is 0 Å². The van der Waals surface area contributed by atoms with Crippen molar-refractivity contribution in [1.29, 1.82) is 0 Å². The van der Waals surface area contributed by atoms with Gasteiger partial charge in [-0.2, -0.15) is 0 Å². The minimum Gasteiger partial charge on any atom is -0.378 e. The normalized spacial score (nSPS) is 11.1. The molecule has 0 aliphatic heterocycles. The maximum Gasteiger partial charge on any atom is 0.293 e. The summed E-state index contributed by atoms with van der Waals surface area (Å²) in [4.78, 5) is 21.5. The van der Waals surface area contributed by atoms with Crippen LogP contribution in [0.15, 0.2) is 47.4 Å². The Bertz CT molecular complexity index is 964. The van der Waals surface area contributed by atoms with Crippen molar-refractivity contribution in [2.24, 2.45) is 0 Å². The molecule has 0 aromatic heterocycles. The van der Waals surface area contributed by atoms with E-state index >= 15 is 0 Å². The van der Waals surface area contributed by atoms with E-state index in [1.54, 1.807) is 0 Å². The molecular formula is C17H19ClN4O5S. The number of anilines is 2. The number of hydrogen-bond acceptors (Lipinski definition) is 6. The number of rotatable bonds is 9. The third-order valence-corrected chi connectivity index (χ3v) is 5.41. The lowest BCUT2D eigenvalue weighted by Gasteiger charge is -2.10. The van der Waals surface area contributed by atoms with Gasteiger partial charge in [0.1, 0.15) is 5.69 Å². The smallest absolute Gasteiger partial charge is 0.293 e. The van der Waals surface area contributed by atoms with Gasteiger partial charge in [-0.05, 0) is 36.8 Å². The summed E-state index contributed by atoms with van der Waals surface area (Å²) in [5.74, 6) is -0.250. The predicted molar refractivity (Wildman–Crippen MR) is 107 cm³/mol. The zero-order valence-corrected chi connectivity index (χ0v) is 16.5. The molecule has 11 heteroatoms. The molecule has 28 heavy (non-hydrogen) atoms. The summed E-state index contributed by atoms with van der Waals surface area (Å²) in [7, 11) is -3.71. The molecular weight excluding hydrogens is 408 g/mol. The Labute approximate surface area is 167 Å². The Kier molecular flexibility index (Phi) is 7.32. The first-order valence-corrected chi connectivity index (χ1v) is 10.1. The molecule has 9 nitrogen and oxygen atoms in total. The lowest BCUT2D eigenvalue weighted by molar-refractivity contribution is -0.383. The first-order valence-electron chi connectivity index (χ1n) is 8.25. The van der Waals surface area contributed by atoms with E-state index in [0.29, 0.717) is 12.1 Å². The van der Waals surface area contributed by atoms with E-state index in [1.165, 1.54) is 49.4 Å². The molecule has 3 N–H and O–H groups in total. The van der Waals surface area contributed by atoms with Crippen molar-refractivity contribution in [1.82, 2.24) is 4.72 Å². The van der Waals surface area contributed by atoms with E-state index in [9.17, 15) is 23.3 Å². The number of nitrogens with one attached hydrogen (secondary N) is 3. The molecule has 1 amide bonds. The van der Waals surface area contributed by atoms with Crippen LogP contribution in [0.25, 0.3) is 0 Å². The van der Waals surface area contributed by atoms with Crippen LogP contribution in [0.1, 0.15) is 13.3 Å². The van der Waals surface area contributed by atoms with Crippen LogP contribution in [0, 0.1) is 10.1 Å². The molecule has 0 spiro atoms. The Balaban J connectivity index is 1.88. The topological polar surface area (TPSA) is 130 Å². The standard InChI is InChI=1S/C17H19ClN4O5S/c1-12(23)21-13-6-8-14(9-7-13)28(26,27)20-11-3-10-19-17-15(18)4-2-5-16(17)22(24)25/h2,4-9,19-20H,3,10-11H2,1H3,(H,21,23). The molecule has 0 atom stereocenters. The summed E-state index contributed by atoms with van der Waals surface area (Å²) >= 11 is 5.98. The van der Waals surface area contributed by atoms with E-state index in [0.717, 1.165) is 0 Å². The van der Waals surface area contributed by atoms with Gasteiger partial charge >= 0.3 is 0 Å². The van der Waals surface area contributed by atoms with Gasteiger partial charge in [0.15, 0.2) is 0 Å². The van der Waals surface area contributed by atoms with Crippen molar-refractivity contribution < 1.29 is 18.1 Å². The zero-order valence-electron chi connectivity index (χ0n) is 14.9. The molecule has 150 valence electrons. The van der Waals surface area contributed by atoms with Gasteiger partial charge in [0, 0.05) is 31.8 Å². The molecule has 0 aliphatic carbocycles. The van der Waals surface area contributed by atoms with Gasteiger partial charge in [0.05, 0.1) is 14.8 Å². The van der Waals surface area contributed by atoms with Crippen molar-refractivity contribution in [3.8, 4) is 0 Å². The third-order valence-electron chi connectivity index (χ3n) is 3.62. The minimum absolute atomic E-state index is 0.0660. The number of benzene rings is 2. The second-order valence-corrected chi connectivity index (χ2v) is 7.95. The summed E-state index contributed by atoms with van der Waals surface area (Å²) in [5.41, 5.74) is 0.551. The molecule has 2 aromatic carbocycles. The van der Waals surface area contributed by atoms with Gasteiger partial charge in [0.25, 0.3) is 5.69 Å². The SMILES string of the molecule is CC(=O)Nc1ccc(S(=O)(=O)NCCCNc2c(Cl)cccc2[N+](=O)[O-])cc1. The van der Waals surface area contributed by atoms with Crippen molar-refractivity contribution in [3.63, 3.8) is 0 Å². The number of halogens is 1. The number of carbonyl (C=O) groups excluding carboxylic acids is 1. The maximum absolute atomic E-state index is 12.3. The first-order chi connectivity index (χ1) is 13.2. The summed E-state index contributed by atoms with van der Waals surface area (Å²) in [6.45, 7) is 1.77. The third kappa shape index (κ3) is 5.91. The van der Waals surface area contributed by atoms with Crippen LogP contribution in [0.4, 0.5) is 17.1 Å². The van der Waals surface area contributed by atoms with E-state index in [4.69, 9.17) is 11.6 Å². The largest absolute Gasteiger partial charge is 0.378 e. The van der Waals surface area contributed by atoms with Crippen LogP contribution in [0.2, 0.25) is 5.02 Å². The Morgan fingerprint density at radius 3 is 2.43 bits per heavy atom. The molecule has 0 unspecified atom stereocenters. The average Bonchev–Trinajstić information content (AvgIpc) is 2.62. The molecule has 0 saturated heterocycles. The lowest BCUT2D eigenvalue weighted by atomic mass is 10.2. The quantitative estimate of drug-likeness (QED) is 0.321. The first kappa shape index (κ1) is 21.6. The Hall–Kier alpha value is -2.69. The van der Waals surface area contributed by atoms with Crippen LogP contribution in [0.5, 0.6) is 0 Å². The minimum atomic E-state index is -3.71. The molecule has 0 heterocycles. The van der Waals surface area contributed by atoms with Crippen LogP contribution < -0.4 is 15.4 Å². The molecule has 0 saturated carbocycles. The number of hydrogen-bond donors (Lipinski definition) is 3. The van der Waals surface area contributed by atoms with E-state index in [2.05, 4.69) is 15.4 Å². The fourth-order valence-corrected chi connectivity index (χ4v) is 3.66. The van der Waals surface area contributed by atoms with Gasteiger partial charge < -0.3 is 10.6 Å². The van der Waals surface area contributed by atoms with E-state index in [1.807, 2.05) is 0 Å². The summed E-state index contributed by atoms with van der Waals surface area (Å²) in [5, 5.41) is 16.7. The number of nitrogens with zero attached hydrogens (tertiary/aromatic N) is 1. The molecule has 0 radical (unpaired) electrons. The predicted octanol–water partition coefficient (Wildman–Crippen LogP) is 2.99. The second-order valence-electron chi connectivity index (χ2n) is 5.77. The molecule has 2 rings (SSSR count). The lowest BCUT2D eigenvalue weighted by Crippen LogP contribution is -2.26. The summed E-state index contributed by atoms with van der Waals surface area (Å²) < 4.78 is 27.0. The van der Waals surface area contributed by atoms with Gasteiger partial charge in [-0.25, -0.2) is 13.1 Å². The van der Waals surface area contributed by atoms with Crippen LogP contribution in [-0.4, -0.2) is 32.3 Å². The summed E-state index contributed by atoms with van der Waals surface area (Å²) in [6.07, 6.45) is 0.381. The highest BCUT2D eigenvalue weighted by Gasteiger charge is 2.16. The highest BCUT2D eigenvalue weighted by atomic mass is 35.5. The molecule has 0 bridgehead atoms. The van der Waals surface area contributed by atoms with E-state index < -0.39 is 14.9 Å². The monoisotopic (exact) mass is 426 g/mol. The maximum atomic E-state index is 12.3. The number of para-hydroxylation sites is 1. The fraction of sp³-hybridized carbons (Fsp3) is 0.235. The highest BCUT2D eigenvalue weighted by molar-refractivity contribution is 7.89. The van der Waals surface area contributed by atoms with Gasteiger partial charge in [0.2, 0.25) is 15.9 Å². The molecule has 2 aromatic rings. The van der Waals surface area contributed by atoms with Gasteiger partial charge in [-0.3, -0.25) is 14.9 Å². The number of sulfonamides is 1. The zero-order chi connectivity index (χ0) is 20.7. The van der Waals surface area contributed by atoms with Crippen LogP contribution >= 0.6 is 11.6 Å². The second kappa shape index (κ2) is 9.49. The number of amides is 1. The van der Waals surface area contributed by atoms with Crippen molar-refractivity contribution in [3.05, 3.63) is 57.6 Å². The fourth-order valence-electron chi connectivity index (χ4n) is 2.35. The van der Waals surface area contributed by atoms with Crippen molar-refractivity contribution in [2.45, 2.75) is 18.2 Å². The number of nitro benzene ring substituents is 1. The Morgan fingerprint density at radius 1 is 1.14 bits per heavy atom. The Morgan fingerprint density at radius 2 is 1.82 bits per heavy atom. The average molecular weight is 427 g/mol. The van der Waals surface area contributed by atoms with Gasteiger partial charge in [-0.1, -0.05) is 17.7 Å².